The summed E-state index contributed by atoms with van der Waals surface area (Å²) < 4.78 is 19.4. The van der Waals surface area contributed by atoms with Gasteiger partial charge in [0.1, 0.15) is 11.6 Å². The Labute approximate surface area is 711 Å². The summed E-state index contributed by atoms with van der Waals surface area (Å²) in [5, 5.41) is 23.0. The molecule has 16 aliphatic carbocycles. The molecule has 0 aromatic heterocycles. The predicted octanol–water partition coefficient (Wildman–Crippen LogP) is 24.0. The summed E-state index contributed by atoms with van der Waals surface area (Å²) in [5.41, 5.74) is 4.31. The van der Waals surface area contributed by atoms with Crippen LogP contribution in [0.15, 0.2) is 23.3 Å². The van der Waals surface area contributed by atoms with E-state index in [4.69, 9.17) is 18.9 Å². The van der Waals surface area contributed by atoms with Crippen molar-refractivity contribution in [3.63, 3.8) is 0 Å². The van der Waals surface area contributed by atoms with Crippen LogP contribution in [0.25, 0.3) is 0 Å². The SMILES string of the molecule is COC(=O)CC[C@@H](C)[C@H]1CC[C@H]2[C@@H]3CC[C@@H]4C[C@H](C)CC[C@]4(C)C3=CC(O)[C@]12C.COC(=O)CC[C@@H](C)[C@H]1CC[C@H]2[C@@H]3CC[C@@H]4C[C@H](C)CC[C@]4(C)C3=C[C@@H](O)[C@]12C.COC(=O)CC[C@@H](C)[C@H]1CC[C@H]2[C@@H]3CC[C@@H]4C[C@H](C)CC[C@]4(C)[C@@]3(C)CC(=O)[C@]12C.COC(=O)CC[C@@H](C)[C@H]1CC[C@H]2[C@@H]3CC[C@@H]4C[C@H](C)CC[C@]4(C)[C@H]3CC(=O)[C@]12C. The Morgan fingerprint density at radius 2 is 0.726 bits per heavy atom. The number of rotatable bonds is 16. The molecule has 662 valence electrons. The molecule has 0 heterocycles. The third-order valence-electron chi connectivity index (χ3n) is 42.3. The highest BCUT2D eigenvalue weighted by atomic mass is 16.5. The molecule has 117 heavy (non-hydrogen) atoms. The van der Waals surface area contributed by atoms with Crippen molar-refractivity contribution < 1.29 is 57.9 Å². The van der Waals surface area contributed by atoms with E-state index in [1.807, 2.05) is 0 Å². The summed E-state index contributed by atoms with van der Waals surface area (Å²) in [6.07, 6.45) is 47.3. The second-order valence-corrected chi connectivity index (χ2v) is 47.1. The zero-order chi connectivity index (χ0) is 84.8. The van der Waals surface area contributed by atoms with Crippen LogP contribution in [-0.2, 0) is 47.7 Å². The number of methoxy groups -OCH3 is 4. The highest BCUT2D eigenvalue weighted by molar-refractivity contribution is 5.88. The number of carbonyl (C=O) groups excluding carboxylic acids is 6. The van der Waals surface area contributed by atoms with Crippen LogP contribution in [-0.4, -0.2) is 86.3 Å². The number of allylic oxidation sites excluding steroid dienone is 2. The largest absolute Gasteiger partial charge is 0.469 e. The lowest BCUT2D eigenvalue weighted by Crippen LogP contribution is -2.62. The van der Waals surface area contributed by atoms with Crippen molar-refractivity contribution in [1.82, 2.24) is 0 Å². The van der Waals surface area contributed by atoms with E-state index in [2.05, 4.69) is 130 Å². The van der Waals surface area contributed by atoms with Crippen molar-refractivity contribution in [2.75, 3.05) is 28.4 Å². The van der Waals surface area contributed by atoms with Crippen molar-refractivity contribution in [3.05, 3.63) is 23.3 Å². The molecule has 0 aromatic carbocycles. The minimum Gasteiger partial charge on any atom is -0.469 e. The third kappa shape index (κ3) is 15.9. The van der Waals surface area contributed by atoms with E-state index < -0.39 is 0 Å². The molecule has 36 atom stereocenters. The minimum atomic E-state index is -0.346. The molecule has 12 nitrogen and oxygen atoms in total. The first-order valence-corrected chi connectivity index (χ1v) is 49.4. The fourth-order valence-corrected chi connectivity index (χ4v) is 34.7. The highest BCUT2D eigenvalue weighted by Gasteiger charge is 2.70. The van der Waals surface area contributed by atoms with Gasteiger partial charge in [-0.2, -0.15) is 0 Å². The summed E-state index contributed by atoms with van der Waals surface area (Å²) in [4.78, 5) is 74.4. The Morgan fingerprint density at radius 3 is 1.17 bits per heavy atom. The van der Waals surface area contributed by atoms with Crippen LogP contribution in [0.1, 0.15) is 362 Å². The Bertz CT molecular complexity index is 3500. The molecule has 16 aliphatic rings. The van der Waals surface area contributed by atoms with Crippen molar-refractivity contribution >= 4 is 35.4 Å². The van der Waals surface area contributed by atoms with Gasteiger partial charge >= 0.3 is 23.9 Å². The quantitative estimate of drug-likeness (QED) is 0.0850. The molecule has 0 aliphatic heterocycles. The van der Waals surface area contributed by atoms with E-state index in [1.54, 1.807) is 11.1 Å². The second-order valence-electron chi connectivity index (χ2n) is 47.1. The van der Waals surface area contributed by atoms with Crippen molar-refractivity contribution in [3.8, 4) is 0 Å². The zero-order valence-electron chi connectivity index (χ0n) is 78.1. The molecular weight excluding hydrogens is 1450 g/mol. The maximum atomic E-state index is 14.0. The lowest BCUT2D eigenvalue weighted by molar-refractivity contribution is -0.186. The standard InChI is InChI=1S/C27H44O3.3C26H42O3/c1-17-13-14-25(3)19(15-17)8-9-21-22-11-10-20(18(2)7-12-24(29)30-6)27(22,5)23(28)16-26(21,25)4;3*1-16-12-13-25(3)18(14-16)7-8-19-21-10-9-20(17(2)6-11-24(28)29-5)26(21,4)23(27)15-22(19)25/h17-22H,7-16H2,1-6H3;16-22H,6-15H2,1-5H3;2*15-21,23,27H,6-14H2,1-5H3/t17-,18-,19-,20-,21+,22+,25+,26+,27-;16-,17-,18-,19+,20-,21+,22+,25+,26-;16-,17-,18-,19+,20-,21+,23?,25+,26-;16-,17-,18-,19+,20-,21+,23-,25+,26-/m1111/s1. The number of carbonyl (C=O) groups is 6. The molecule has 0 amide bonds. The number of ether oxygens (including phenoxy) is 4. The summed E-state index contributed by atoms with van der Waals surface area (Å²) in [6.45, 7) is 40.8. The van der Waals surface area contributed by atoms with Gasteiger partial charge in [-0.1, -0.05) is 154 Å². The Kier molecular flexibility index (Phi) is 27.5. The van der Waals surface area contributed by atoms with E-state index >= 15 is 0 Å². The molecular formula is C105H170O12. The van der Waals surface area contributed by atoms with Gasteiger partial charge in [-0.15, -0.1) is 0 Å². The Balaban J connectivity index is 0.000000135. The van der Waals surface area contributed by atoms with E-state index in [0.29, 0.717) is 154 Å². The second kappa shape index (κ2) is 35.2. The van der Waals surface area contributed by atoms with Gasteiger partial charge in [0.25, 0.3) is 0 Å². The first-order valence-electron chi connectivity index (χ1n) is 49.4. The van der Waals surface area contributed by atoms with Crippen LogP contribution in [0.4, 0.5) is 0 Å². The van der Waals surface area contributed by atoms with Gasteiger partial charge in [-0.3, -0.25) is 28.8 Å². The average Bonchev–Trinajstić information content (AvgIpc) is 1.69. The number of aliphatic hydroxyl groups excluding tert-OH is 2. The molecule has 0 saturated heterocycles. The fourth-order valence-electron chi connectivity index (χ4n) is 34.7. The van der Waals surface area contributed by atoms with Gasteiger partial charge in [0.2, 0.25) is 0 Å². The molecule has 0 radical (unpaired) electrons. The van der Waals surface area contributed by atoms with Crippen LogP contribution < -0.4 is 0 Å². The summed E-state index contributed by atoms with van der Waals surface area (Å²) in [5.74, 6) is 16.5. The lowest BCUT2D eigenvalue weighted by Gasteiger charge is -2.66. The van der Waals surface area contributed by atoms with E-state index in [0.717, 1.165) is 105 Å². The molecule has 0 spiro atoms. The van der Waals surface area contributed by atoms with E-state index in [9.17, 15) is 39.0 Å². The molecule has 16 rings (SSSR count). The van der Waals surface area contributed by atoms with Gasteiger partial charge in [0.05, 0.1) is 40.6 Å². The van der Waals surface area contributed by atoms with E-state index in [1.165, 1.54) is 195 Å². The van der Waals surface area contributed by atoms with Crippen LogP contribution >= 0.6 is 0 Å². The molecule has 14 saturated carbocycles. The van der Waals surface area contributed by atoms with Gasteiger partial charge in [0.15, 0.2) is 0 Å². The summed E-state index contributed by atoms with van der Waals surface area (Å²) in [7, 11) is 5.88. The average molecular weight is 1620 g/mol. The normalized spacial score (nSPS) is 47.9. The lowest BCUT2D eigenvalue weighted by atomic mass is 9.37. The highest BCUT2D eigenvalue weighted by Crippen LogP contribution is 2.75. The molecule has 0 aromatic rings. The monoisotopic (exact) mass is 1620 g/mol. The first-order chi connectivity index (χ1) is 55.2. The van der Waals surface area contributed by atoms with Crippen LogP contribution in [0.5, 0.6) is 0 Å². The fraction of sp³-hybridized carbons (Fsp3) is 0.905. The zero-order valence-corrected chi connectivity index (χ0v) is 78.1. The van der Waals surface area contributed by atoms with Gasteiger partial charge < -0.3 is 29.2 Å². The molecule has 0 bridgehead atoms. The van der Waals surface area contributed by atoms with Gasteiger partial charge in [-0.05, 0) is 368 Å². The minimum absolute atomic E-state index is 0.0468. The first kappa shape index (κ1) is 91.3. The third-order valence-corrected chi connectivity index (χ3v) is 42.3. The topological polar surface area (TPSA) is 180 Å². The predicted molar refractivity (Wildman–Crippen MR) is 467 cm³/mol. The van der Waals surface area contributed by atoms with Gasteiger partial charge in [-0.25, -0.2) is 0 Å². The number of fused-ring (bicyclic) bond motifs is 20. The number of esters is 4. The number of hydrogen-bond donors (Lipinski definition) is 2. The Hall–Kier alpha value is -3.38. The van der Waals surface area contributed by atoms with Crippen molar-refractivity contribution in [2.45, 2.75) is 374 Å². The van der Waals surface area contributed by atoms with Crippen LogP contribution in [0.3, 0.4) is 0 Å². The van der Waals surface area contributed by atoms with Crippen molar-refractivity contribution in [2.24, 2.45) is 197 Å². The molecule has 14 fully saturated rings. The summed E-state index contributed by atoms with van der Waals surface area (Å²) >= 11 is 0. The van der Waals surface area contributed by atoms with Crippen LogP contribution in [0.2, 0.25) is 0 Å². The maximum Gasteiger partial charge on any atom is 0.305 e. The van der Waals surface area contributed by atoms with Crippen molar-refractivity contribution in [1.29, 1.82) is 0 Å². The van der Waals surface area contributed by atoms with E-state index in [-0.39, 0.29) is 63.2 Å². The maximum absolute atomic E-state index is 14.0. The molecule has 12 heteroatoms. The summed E-state index contributed by atoms with van der Waals surface area (Å²) in [6, 6.07) is 0. The number of Topliss-reactive ketones (excluding diaryl/α,β-unsaturated/α-hetero) is 2. The molecule has 2 N–H and O–H groups in total. The number of aliphatic hydroxyl groups is 2. The number of ketones is 2. The molecule has 1 unspecified atom stereocenters. The van der Waals surface area contributed by atoms with Crippen LogP contribution in [0, 0.1) is 197 Å². The smallest absolute Gasteiger partial charge is 0.305 e. The number of hydrogen-bond acceptors (Lipinski definition) is 12. The van der Waals surface area contributed by atoms with Gasteiger partial charge in [0, 0.05) is 60.2 Å². The Morgan fingerprint density at radius 1 is 0.376 bits per heavy atom.